The molecule has 1 aliphatic heterocycles. The van der Waals surface area contributed by atoms with Crippen molar-refractivity contribution in [2.75, 3.05) is 6.54 Å². The summed E-state index contributed by atoms with van der Waals surface area (Å²) in [7, 11) is 0. The summed E-state index contributed by atoms with van der Waals surface area (Å²) >= 11 is 0. The van der Waals surface area contributed by atoms with Gasteiger partial charge in [0.15, 0.2) is 0 Å². The maximum atomic E-state index is 12.1. The molecular formula is C17H22N2O2. The highest BCUT2D eigenvalue weighted by Gasteiger charge is 2.21. The summed E-state index contributed by atoms with van der Waals surface area (Å²) in [4.78, 5) is 12.1. The van der Waals surface area contributed by atoms with Crippen molar-refractivity contribution in [1.82, 2.24) is 10.6 Å². The molecule has 2 unspecified atom stereocenters. The van der Waals surface area contributed by atoms with Crippen LogP contribution >= 0.6 is 0 Å². The fourth-order valence-electron chi connectivity index (χ4n) is 3.13. The maximum absolute atomic E-state index is 12.1. The van der Waals surface area contributed by atoms with Crippen LogP contribution in [0, 0.1) is 6.92 Å². The number of benzene rings is 1. The molecule has 0 radical (unpaired) electrons. The Morgan fingerprint density at radius 2 is 2.29 bits per heavy atom. The molecule has 2 N–H and O–H groups in total. The molecule has 0 aliphatic carbocycles. The standard InChI is InChI=1S/C17H22N2O2/c1-11-14-7-3-4-8-15(14)21-17(11)12(2)19-16(20)10-13-6-5-9-18-13/h3-4,7-8,12-13,18H,5-6,9-10H2,1-2H3,(H,19,20). The number of amides is 1. The molecule has 4 nitrogen and oxygen atoms in total. The van der Waals surface area contributed by atoms with E-state index in [4.69, 9.17) is 4.42 Å². The minimum atomic E-state index is -0.105. The van der Waals surface area contributed by atoms with Gasteiger partial charge in [0.05, 0.1) is 6.04 Å². The van der Waals surface area contributed by atoms with Gasteiger partial charge in [0.1, 0.15) is 11.3 Å². The number of hydrogen-bond donors (Lipinski definition) is 2. The lowest BCUT2D eigenvalue weighted by molar-refractivity contribution is -0.122. The van der Waals surface area contributed by atoms with Crippen LogP contribution in [0.5, 0.6) is 0 Å². The highest BCUT2D eigenvalue weighted by molar-refractivity contribution is 5.82. The molecule has 2 aromatic rings. The summed E-state index contributed by atoms with van der Waals surface area (Å²) in [6.45, 7) is 5.04. The van der Waals surface area contributed by atoms with Crippen LogP contribution in [0.25, 0.3) is 11.0 Å². The number of aryl methyl sites for hydroxylation is 1. The molecule has 21 heavy (non-hydrogen) atoms. The molecule has 1 aliphatic rings. The highest BCUT2D eigenvalue weighted by atomic mass is 16.3. The van der Waals surface area contributed by atoms with Crippen LogP contribution in [0.1, 0.15) is 43.6 Å². The smallest absolute Gasteiger partial charge is 0.222 e. The number of fused-ring (bicyclic) bond motifs is 1. The van der Waals surface area contributed by atoms with Gasteiger partial charge >= 0.3 is 0 Å². The Morgan fingerprint density at radius 3 is 3.00 bits per heavy atom. The molecule has 4 heteroatoms. The molecule has 3 rings (SSSR count). The van der Waals surface area contributed by atoms with Crippen molar-refractivity contribution >= 4 is 16.9 Å². The van der Waals surface area contributed by atoms with Crippen molar-refractivity contribution in [1.29, 1.82) is 0 Å². The monoisotopic (exact) mass is 286 g/mol. The van der Waals surface area contributed by atoms with Crippen LogP contribution in [0.2, 0.25) is 0 Å². The molecule has 1 fully saturated rings. The zero-order valence-electron chi connectivity index (χ0n) is 12.6. The van der Waals surface area contributed by atoms with E-state index in [1.165, 1.54) is 0 Å². The van der Waals surface area contributed by atoms with Crippen LogP contribution in [-0.2, 0) is 4.79 Å². The first-order chi connectivity index (χ1) is 10.1. The number of hydrogen-bond acceptors (Lipinski definition) is 3. The van der Waals surface area contributed by atoms with Crippen molar-refractivity contribution in [3.05, 3.63) is 35.6 Å². The van der Waals surface area contributed by atoms with Crippen LogP contribution in [0.15, 0.2) is 28.7 Å². The van der Waals surface area contributed by atoms with Gasteiger partial charge < -0.3 is 15.1 Å². The van der Waals surface area contributed by atoms with Gasteiger partial charge in [-0.2, -0.15) is 0 Å². The lowest BCUT2D eigenvalue weighted by Crippen LogP contribution is -2.33. The molecule has 0 spiro atoms. The number of furan rings is 1. The Balaban J connectivity index is 1.69. The van der Waals surface area contributed by atoms with Gasteiger partial charge in [0.25, 0.3) is 0 Å². The summed E-state index contributed by atoms with van der Waals surface area (Å²) in [5.41, 5.74) is 1.99. The van der Waals surface area contributed by atoms with Crippen molar-refractivity contribution in [2.24, 2.45) is 0 Å². The lowest BCUT2D eigenvalue weighted by Gasteiger charge is -2.15. The number of carbonyl (C=O) groups is 1. The number of nitrogens with one attached hydrogen (secondary N) is 2. The Bertz CT molecular complexity index is 641. The summed E-state index contributed by atoms with van der Waals surface area (Å²) in [5, 5.41) is 7.52. The molecule has 112 valence electrons. The average Bonchev–Trinajstić information content (AvgIpc) is 3.07. The summed E-state index contributed by atoms with van der Waals surface area (Å²) in [6, 6.07) is 8.20. The van der Waals surface area contributed by atoms with E-state index in [1.54, 1.807) is 0 Å². The third-order valence-corrected chi connectivity index (χ3v) is 4.25. The fraction of sp³-hybridized carbons (Fsp3) is 0.471. The number of rotatable bonds is 4. The molecule has 2 heterocycles. The summed E-state index contributed by atoms with van der Waals surface area (Å²) in [5.74, 6) is 0.936. The topological polar surface area (TPSA) is 54.3 Å². The van der Waals surface area contributed by atoms with Crippen LogP contribution in [0.4, 0.5) is 0 Å². The van der Waals surface area contributed by atoms with Crippen molar-refractivity contribution in [3.63, 3.8) is 0 Å². The molecule has 0 saturated carbocycles. The SMILES string of the molecule is Cc1c(C(C)NC(=O)CC2CCCN2)oc2ccccc12. The van der Waals surface area contributed by atoms with Crippen molar-refractivity contribution in [3.8, 4) is 0 Å². The van der Waals surface area contributed by atoms with E-state index >= 15 is 0 Å². The average molecular weight is 286 g/mol. The quantitative estimate of drug-likeness (QED) is 0.908. The van der Waals surface area contributed by atoms with E-state index in [1.807, 2.05) is 32.0 Å². The van der Waals surface area contributed by atoms with Crippen molar-refractivity contribution < 1.29 is 9.21 Å². The third-order valence-electron chi connectivity index (χ3n) is 4.25. The third kappa shape index (κ3) is 2.95. The van der Waals surface area contributed by atoms with Crippen LogP contribution in [-0.4, -0.2) is 18.5 Å². The molecule has 0 bridgehead atoms. The summed E-state index contributed by atoms with van der Waals surface area (Å²) < 4.78 is 5.90. The van der Waals surface area contributed by atoms with Gasteiger partial charge in [-0.3, -0.25) is 4.79 Å². The first kappa shape index (κ1) is 14.1. The fourth-order valence-corrected chi connectivity index (χ4v) is 3.13. The molecule has 1 saturated heterocycles. The Labute approximate surface area is 124 Å². The van der Waals surface area contributed by atoms with Gasteiger partial charge in [0, 0.05) is 23.4 Å². The first-order valence-corrected chi connectivity index (χ1v) is 7.66. The minimum absolute atomic E-state index is 0.0850. The van der Waals surface area contributed by atoms with Gasteiger partial charge in [-0.15, -0.1) is 0 Å². The molecule has 1 aromatic carbocycles. The normalized spacial score (nSPS) is 19.8. The Hall–Kier alpha value is -1.81. The number of carbonyl (C=O) groups excluding carboxylic acids is 1. The largest absolute Gasteiger partial charge is 0.459 e. The minimum Gasteiger partial charge on any atom is -0.459 e. The van der Waals surface area contributed by atoms with Gasteiger partial charge in [0.2, 0.25) is 5.91 Å². The highest BCUT2D eigenvalue weighted by Crippen LogP contribution is 2.29. The number of para-hydroxylation sites is 1. The second kappa shape index (κ2) is 5.90. The van der Waals surface area contributed by atoms with E-state index in [0.29, 0.717) is 12.5 Å². The second-order valence-corrected chi connectivity index (χ2v) is 5.87. The maximum Gasteiger partial charge on any atom is 0.222 e. The van der Waals surface area contributed by atoms with E-state index < -0.39 is 0 Å². The zero-order valence-corrected chi connectivity index (χ0v) is 12.6. The van der Waals surface area contributed by atoms with E-state index in [0.717, 1.165) is 41.7 Å². The molecule has 2 atom stereocenters. The Morgan fingerprint density at radius 1 is 1.48 bits per heavy atom. The molecular weight excluding hydrogens is 264 g/mol. The second-order valence-electron chi connectivity index (χ2n) is 5.87. The van der Waals surface area contributed by atoms with Crippen LogP contribution < -0.4 is 10.6 Å². The Kier molecular flexibility index (Phi) is 3.97. The van der Waals surface area contributed by atoms with Crippen LogP contribution in [0.3, 0.4) is 0 Å². The predicted molar refractivity (Wildman–Crippen MR) is 83.2 cm³/mol. The summed E-state index contributed by atoms with van der Waals surface area (Å²) in [6.07, 6.45) is 2.80. The molecule has 1 amide bonds. The van der Waals surface area contributed by atoms with E-state index in [2.05, 4.69) is 16.7 Å². The van der Waals surface area contributed by atoms with Gasteiger partial charge in [-0.05, 0) is 39.3 Å². The van der Waals surface area contributed by atoms with Crippen molar-refractivity contribution in [2.45, 2.75) is 45.2 Å². The van der Waals surface area contributed by atoms with Gasteiger partial charge in [-0.1, -0.05) is 18.2 Å². The van der Waals surface area contributed by atoms with E-state index in [9.17, 15) is 4.79 Å². The lowest BCUT2D eigenvalue weighted by atomic mass is 10.1. The predicted octanol–water partition coefficient (Wildman–Crippen LogP) is 3.06. The first-order valence-electron chi connectivity index (χ1n) is 7.66. The van der Waals surface area contributed by atoms with Gasteiger partial charge in [-0.25, -0.2) is 0 Å². The molecule has 1 aromatic heterocycles. The van der Waals surface area contributed by atoms with E-state index in [-0.39, 0.29) is 11.9 Å². The zero-order chi connectivity index (χ0) is 14.8.